The van der Waals surface area contributed by atoms with Gasteiger partial charge in [0.05, 0.1) is 0 Å². The molecule has 0 rings (SSSR count). The van der Waals surface area contributed by atoms with Crippen LogP contribution in [0.25, 0.3) is 0 Å². The van der Waals surface area contributed by atoms with Crippen molar-refractivity contribution in [3.63, 3.8) is 0 Å². The molecule has 0 aliphatic carbocycles. The van der Waals surface area contributed by atoms with Crippen molar-refractivity contribution in [2.24, 2.45) is 0 Å². The Hall–Kier alpha value is 0.635. The van der Waals surface area contributed by atoms with E-state index in [0.29, 0.717) is 0 Å². The molecule has 0 spiro atoms. The molecule has 0 saturated carbocycles. The van der Waals surface area contributed by atoms with Crippen molar-refractivity contribution >= 4 is 30.8 Å². The van der Waals surface area contributed by atoms with Gasteiger partial charge in [-0.05, 0) is 0 Å². The first-order chi connectivity index (χ1) is 2.27. The Bertz CT molecular complexity index is 34.6. The van der Waals surface area contributed by atoms with Gasteiger partial charge >= 0.3 is 42.9 Å². The molecular weight excluding hydrogens is 99.0 g/mol. The molecule has 0 amide bonds. The molecule has 0 nitrogen and oxygen atoms in total. The summed E-state index contributed by atoms with van der Waals surface area (Å²) in [5, 5.41) is 0.269. The second-order valence-electron chi connectivity index (χ2n) is 0.877. The molecular formula is C2H5BS2. The number of hydrogen-bond acceptors (Lipinski definition) is 2. The number of hydrogen-bond donors (Lipinski definition) is 1. The van der Waals surface area contributed by atoms with Crippen LogP contribution in [0.1, 0.15) is 6.92 Å². The van der Waals surface area contributed by atoms with E-state index in [-0.39, 0.29) is 5.15 Å². The topological polar surface area (TPSA) is 0 Å². The van der Waals surface area contributed by atoms with Crippen molar-refractivity contribution < 1.29 is 0 Å². The van der Waals surface area contributed by atoms with Crippen molar-refractivity contribution in [3.05, 3.63) is 0 Å². The predicted molar refractivity (Wildman–Crippen MR) is 31.8 cm³/mol. The van der Waals surface area contributed by atoms with Gasteiger partial charge in [-0.3, -0.25) is 0 Å². The van der Waals surface area contributed by atoms with E-state index in [2.05, 4.69) is 24.7 Å². The van der Waals surface area contributed by atoms with E-state index in [1.807, 2.05) is 6.92 Å². The van der Waals surface area contributed by atoms with Crippen molar-refractivity contribution in [1.82, 2.24) is 0 Å². The number of rotatable bonds is 1. The summed E-state index contributed by atoms with van der Waals surface area (Å²) in [6.45, 7) is 1.93. The third-order valence-corrected chi connectivity index (χ3v) is 0.956. The van der Waals surface area contributed by atoms with Crippen molar-refractivity contribution in [3.8, 4) is 0 Å². The third-order valence-electron chi connectivity index (χ3n) is 0.197. The molecule has 0 heterocycles. The zero-order valence-corrected chi connectivity index (χ0v) is 4.72. The molecule has 0 radical (unpaired) electrons. The van der Waals surface area contributed by atoms with Crippen LogP contribution in [0, 0.1) is 0 Å². The minimum atomic E-state index is 0.269. The first-order valence-electron chi connectivity index (χ1n) is 1.40. The molecule has 0 aliphatic heterocycles. The third kappa shape index (κ3) is 4.63. The normalized spacial score (nSPS) is 13.2. The maximum absolute atomic E-state index is 4.47. The summed E-state index contributed by atoms with van der Waals surface area (Å²) in [5.41, 5.74) is 0. The Labute approximate surface area is 43.5 Å². The van der Waals surface area contributed by atoms with E-state index in [4.69, 9.17) is 0 Å². The summed E-state index contributed by atoms with van der Waals surface area (Å²) >= 11 is 8.41. The van der Waals surface area contributed by atoms with E-state index in [0.717, 1.165) is 0 Å². The van der Waals surface area contributed by atoms with E-state index in [1.54, 1.807) is 6.15 Å². The van der Waals surface area contributed by atoms with Gasteiger partial charge in [0.25, 0.3) is 0 Å². The Balaban J connectivity index is 2.83. The molecule has 5 heavy (non-hydrogen) atoms. The van der Waals surface area contributed by atoms with E-state index in [9.17, 15) is 0 Å². The molecule has 0 aromatic rings. The van der Waals surface area contributed by atoms with E-state index in [1.165, 1.54) is 0 Å². The van der Waals surface area contributed by atoms with Crippen LogP contribution in [0.15, 0.2) is 0 Å². The van der Waals surface area contributed by atoms with Gasteiger partial charge in [-0.2, -0.15) is 0 Å². The fraction of sp³-hybridized carbons (Fsp3) is 1.00. The molecule has 0 aliphatic rings. The predicted octanol–water partition coefficient (Wildman–Crippen LogP) is 1.08. The standard InChI is InChI=1S/C2H5BS2/c1-2(4)3-5/h2,4H,1H3. The van der Waals surface area contributed by atoms with Crippen LogP contribution in [0.5, 0.6) is 0 Å². The number of thiol groups is 1. The second kappa shape index (κ2) is 2.85. The van der Waals surface area contributed by atoms with Crippen molar-refractivity contribution in [1.29, 1.82) is 0 Å². The molecule has 0 saturated heterocycles. The first kappa shape index (κ1) is 5.63. The van der Waals surface area contributed by atoms with Gasteiger partial charge in [-0.25, -0.2) is 0 Å². The zero-order valence-electron chi connectivity index (χ0n) is 3.01. The second-order valence-corrected chi connectivity index (χ2v) is 1.96. The van der Waals surface area contributed by atoms with E-state index < -0.39 is 0 Å². The van der Waals surface area contributed by atoms with Gasteiger partial charge in [-0.15, -0.1) is 0 Å². The van der Waals surface area contributed by atoms with Crippen LogP contribution in [0.2, 0.25) is 0 Å². The zero-order chi connectivity index (χ0) is 4.28. The van der Waals surface area contributed by atoms with Crippen molar-refractivity contribution in [2.75, 3.05) is 0 Å². The van der Waals surface area contributed by atoms with Gasteiger partial charge in [0, 0.05) is 0 Å². The molecule has 1 unspecified atom stereocenters. The van der Waals surface area contributed by atoms with Gasteiger partial charge in [0.15, 0.2) is 0 Å². The Kier molecular flexibility index (Phi) is 3.21. The Morgan fingerprint density at radius 1 is 2.00 bits per heavy atom. The first-order valence-corrected chi connectivity index (χ1v) is 2.39. The quantitative estimate of drug-likeness (QED) is 0.383. The van der Waals surface area contributed by atoms with Crippen LogP contribution < -0.4 is 0 Å². The fourth-order valence-corrected chi connectivity index (χ4v) is 0. The van der Waals surface area contributed by atoms with Gasteiger partial charge in [0.2, 0.25) is 0 Å². The van der Waals surface area contributed by atoms with Crippen LogP contribution in [-0.2, 0) is 0 Å². The SMILES string of the molecule is CC(S)B=S. The summed E-state index contributed by atoms with van der Waals surface area (Å²) in [5.74, 6) is 0. The molecule has 0 N–H and O–H groups in total. The molecule has 3 heteroatoms. The fourth-order valence-electron chi connectivity index (χ4n) is 0. The molecule has 1 atom stereocenters. The monoisotopic (exact) mass is 104 g/mol. The van der Waals surface area contributed by atoms with Crippen LogP contribution in [-0.4, -0.2) is 11.3 Å². The minimum absolute atomic E-state index is 0.269. The Morgan fingerprint density at radius 2 is 2.20 bits per heavy atom. The summed E-state index contributed by atoms with van der Waals surface area (Å²) in [6, 6.07) is 0. The van der Waals surface area contributed by atoms with Crippen LogP contribution >= 0.6 is 24.7 Å². The van der Waals surface area contributed by atoms with Crippen LogP contribution in [0.4, 0.5) is 0 Å². The molecule has 28 valence electrons. The average molecular weight is 104 g/mol. The van der Waals surface area contributed by atoms with Gasteiger partial charge < -0.3 is 0 Å². The van der Waals surface area contributed by atoms with E-state index >= 15 is 0 Å². The van der Waals surface area contributed by atoms with Crippen LogP contribution in [0.3, 0.4) is 0 Å². The summed E-state index contributed by atoms with van der Waals surface area (Å²) in [6.07, 6.45) is 1.61. The summed E-state index contributed by atoms with van der Waals surface area (Å²) in [7, 11) is 0. The average Bonchev–Trinajstić information content (AvgIpc) is 1.38. The molecule has 0 fully saturated rings. The molecule has 0 aromatic heterocycles. The summed E-state index contributed by atoms with van der Waals surface area (Å²) < 4.78 is 0. The van der Waals surface area contributed by atoms with Gasteiger partial charge in [0.1, 0.15) is 0 Å². The van der Waals surface area contributed by atoms with Gasteiger partial charge in [-0.1, -0.05) is 0 Å². The molecule has 0 bridgehead atoms. The molecule has 0 aromatic carbocycles. The van der Waals surface area contributed by atoms with Crippen molar-refractivity contribution in [2.45, 2.75) is 12.1 Å². The summed E-state index contributed by atoms with van der Waals surface area (Å²) in [4.78, 5) is 0. The Morgan fingerprint density at radius 3 is 2.20 bits per heavy atom. The maximum atomic E-state index is 4.47.